The van der Waals surface area contributed by atoms with Crippen LogP contribution in [-0.2, 0) is 0 Å². The summed E-state index contributed by atoms with van der Waals surface area (Å²) in [6.45, 7) is 10.2. The van der Waals surface area contributed by atoms with Crippen LogP contribution in [0.2, 0.25) is 0 Å². The summed E-state index contributed by atoms with van der Waals surface area (Å²) >= 11 is 0. The van der Waals surface area contributed by atoms with Crippen molar-refractivity contribution in [3.63, 3.8) is 0 Å². The van der Waals surface area contributed by atoms with Gasteiger partial charge in [0, 0.05) is 19.1 Å². The SMILES string of the molecule is CCC1CC[C@@H](C(C)C)N(CCN)CC1. The van der Waals surface area contributed by atoms with Crippen LogP contribution in [0.25, 0.3) is 0 Å². The maximum Gasteiger partial charge on any atom is 0.0119 e. The molecule has 0 bridgehead atoms. The Bertz CT molecular complexity index is 168. The number of rotatable bonds is 4. The molecule has 0 aromatic carbocycles. The third-order valence-corrected chi connectivity index (χ3v) is 3.93. The third-order valence-electron chi connectivity index (χ3n) is 3.93. The molecule has 0 amide bonds. The lowest BCUT2D eigenvalue weighted by molar-refractivity contribution is 0.161. The molecule has 2 heteroatoms. The molecule has 1 rings (SSSR count). The zero-order chi connectivity index (χ0) is 11.3. The number of hydrogen-bond donors (Lipinski definition) is 1. The number of likely N-dealkylation sites (tertiary alicyclic amines) is 1. The summed E-state index contributed by atoms with van der Waals surface area (Å²) in [5, 5.41) is 0. The van der Waals surface area contributed by atoms with E-state index in [1.165, 1.54) is 32.2 Å². The molecule has 0 aromatic heterocycles. The molecule has 0 aliphatic carbocycles. The van der Waals surface area contributed by atoms with Crippen molar-refractivity contribution in [1.29, 1.82) is 0 Å². The maximum absolute atomic E-state index is 5.70. The Kier molecular flexibility index (Phi) is 5.62. The lowest BCUT2D eigenvalue weighted by Gasteiger charge is -2.32. The van der Waals surface area contributed by atoms with Gasteiger partial charge in [-0.15, -0.1) is 0 Å². The molecule has 2 nitrogen and oxygen atoms in total. The summed E-state index contributed by atoms with van der Waals surface area (Å²) in [6.07, 6.45) is 5.51. The van der Waals surface area contributed by atoms with E-state index < -0.39 is 0 Å². The molecule has 0 aromatic rings. The van der Waals surface area contributed by atoms with Crippen LogP contribution in [0.4, 0.5) is 0 Å². The Balaban J connectivity index is 2.56. The molecule has 2 N–H and O–H groups in total. The minimum atomic E-state index is 0.769. The predicted octanol–water partition coefficient (Wildman–Crippen LogP) is 2.48. The van der Waals surface area contributed by atoms with Gasteiger partial charge in [0.25, 0.3) is 0 Å². The standard InChI is InChI=1S/C13H28N2/c1-4-12-5-6-13(11(2)3)15(9-7-12)10-8-14/h11-13H,4-10,14H2,1-3H3/t12?,13-/m0/s1. The summed E-state index contributed by atoms with van der Waals surface area (Å²) in [5.74, 6) is 1.72. The molecule has 2 atom stereocenters. The van der Waals surface area contributed by atoms with E-state index in [-0.39, 0.29) is 0 Å². The van der Waals surface area contributed by atoms with E-state index in [4.69, 9.17) is 5.73 Å². The van der Waals surface area contributed by atoms with Gasteiger partial charge in [-0.05, 0) is 37.6 Å². The molecule has 15 heavy (non-hydrogen) atoms. The Hall–Kier alpha value is -0.0800. The first-order valence-electron chi connectivity index (χ1n) is 6.63. The quantitative estimate of drug-likeness (QED) is 0.776. The van der Waals surface area contributed by atoms with Crippen LogP contribution < -0.4 is 5.73 Å². The average Bonchev–Trinajstić information content (AvgIpc) is 2.41. The highest BCUT2D eigenvalue weighted by Crippen LogP contribution is 2.27. The van der Waals surface area contributed by atoms with Crippen LogP contribution in [0, 0.1) is 11.8 Å². The summed E-state index contributed by atoms with van der Waals surface area (Å²) in [5.41, 5.74) is 5.70. The average molecular weight is 212 g/mol. The van der Waals surface area contributed by atoms with Gasteiger partial charge in [0.1, 0.15) is 0 Å². The van der Waals surface area contributed by atoms with Crippen molar-refractivity contribution >= 4 is 0 Å². The summed E-state index contributed by atoms with van der Waals surface area (Å²) in [4.78, 5) is 2.63. The van der Waals surface area contributed by atoms with Crippen LogP contribution in [0.15, 0.2) is 0 Å². The number of hydrogen-bond acceptors (Lipinski definition) is 2. The summed E-state index contributed by atoms with van der Waals surface area (Å²) in [6, 6.07) is 0.769. The molecule has 90 valence electrons. The molecule has 1 unspecified atom stereocenters. The Morgan fingerprint density at radius 1 is 1.27 bits per heavy atom. The smallest absolute Gasteiger partial charge is 0.0119 e. The highest BCUT2D eigenvalue weighted by molar-refractivity contribution is 4.80. The van der Waals surface area contributed by atoms with E-state index in [0.29, 0.717) is 0 Å². The Labute approximate surface area is 95.2 Å². The maximum atomic E-state index is 5.70. The van der Waals surface area contributed by atoms with Crippen molar-refractivity contribution < 1.29 is 0 Å². The first-order chi connectivity index (χ1) is 7.19. The Morgan fingerprint density at radius 3 is 2.53 bits per heavy atom. The second-order valence-electron chi connectivity index (χ2n) is 5.28. The minimum absolute atomic E-state index is 0.769. The molecule has 1 saturated heterocycles. The first kappa shape index (κ1) is 13.0. The molecule has 1 heterocycles. The van der Waals surface area contributed by atoms with E-state index in [0.717, 1.165) is 31.0 Å². The fraction of sp³-hybridized carbons (Fsp3) is 1.00. The summed E-state index contributed by atoms with van der Waals surface area (Å²) < 4.78 is 0. The van der Waals surface area contributed by atoms with Crippen LogP contribution in [0.1, 0.15) is 46.5 Å². The van der Waals surface area contributed by atoms with E-state index in [9.17, 15) is 0 Å². The van der Waals surface area contributed by atoms with Gasteiger partial charge in [-0.3, -0.25) is 4.90 Å². The van der Waals surface area contributed by atoms with Crippen molar-refractivity contribution in [2.75, 3.05) is 19.6 Å². The molecule has 1 aliphatic heterocycles. The largest absolute Gasteiger partial charge is 0.329 e. The van der Waals surface area contributed by atoms with E-state index in [1.807, 2.05) is 0 Å². The lowest BCUT2D eigenvalue weighted by atomic mass is 9.93. The van der Waals surface area contributed by atoms with Crippen LogP contribution in [0.3, 0.4) is 0 Å². The van der Waals surface area contributed by atoms with Crippen molar-refractivity contribution in [1.82, 2.24) is 4.90 Å². The van der Waals surface area contributed by atoms with E-state index in [1.54, 1.807) is 0 Å². The van der Waals surface area contributed by atoms with Gasteiger partial charge in [-0.25, -0.2) is 0 Å². The fourth-order valence-electron chi connectivity index (χ4n) is 2.85. The van der Waals surface area contributed by atoms with Crippen molar-refractivity contribution in [2.24, 2.45) is 17.6 Å². The monoisotopic (exact) mass is 212 g/mol. The zero-order valence-corrected chi connectivity index (χ0v) is 10.7. The van der Waals surface area contributed by atoms with Gasteiger partial charge >= 0.3 is 0 Å². The lowest BCUT2D eigenvalue weighted by Crippen LogP contribution is -2.41. The number of nitrogens with two attached hydrogens (primary N) is 1. The fourth-order valence-corrected chi connectivity index (χ4v) is 2.85. The second-order valence-corrected chi connectivity index (χ2v) is 5.28. The van der Waals surface area contributed by atoms with E-state index >= 15 is 0 Å². The van der Waals surface area contributed by atoms with Crippen LogP contribution >= 0.6 is 0 Å². The van der Waals surface area contributed by atoms with Crippen molar-refractivity contribution in [2.45, 2.75) is 52.5 Å². The van der Waals surface area contributed by atoms with Gasteiger partial charge in [0.05, 0.1) is 0 Å². The van der Waals surface area contributed by atoms with Crippen LogP contribution in [0.5, 0.6) is 0 Å². The highest BCUT2D eigenvalue weighted by atomic mass is 15.2. The van der Waals surface area contributed by atoms with E-state index in [2.05, 4.69) is 25.7 Å². The highest BCUT2D eigenvalue weighted by Gasteiger charge is 2.25. The molecule has 0 radical (unpaired) electrons. The molecule has 0 spiro atoms. The third kappa shape index (κ3) is 3.76. The molecular formula is C13H28N2. The minimum Gasteiger partial charge on any atom is -0.329 e. The predicted molar refractivity (Wildman–Crippen MR) is 66.9 cm³/mol. The zero-order valence-electron chi connectivity index (χ0n) is 10.7. The van der Waals surface area contributed by atoms with Crippen molar-refractivity contribution in [3.05, 3.63) is 0 Å². The van der Waals surface area contributed by atoms with Gasteiger partial charge in [-0.1, -0.05) is 27.2 Å². The second kappa shape index (κ2) is 6.49. The van der Waals surface area contributed by atoms with Crippen LogP contribution in [-0.4, -0.2) is 30.6 Å². The van der Waals surface area contributed by atoms with Gasteiger partial charge < -0.3 is 5.73 Å². The first-order valence-corrected chi connectivity index (χ1v) is 6.63. The number of nitrogens with zero attached hydrogens (tertiary/aromatic N) is 1. The Morgan fingerprint density at radius 2 is 2.00 bits per heavy atom. The summed E-state index contributed by atoms with van der Waals surface area (Å²) in [7, 11) is 0. The molecular weight excluding hydrogens is 184 g/mol. The molecule has 1 fully saturated rings. The van der Waals surface area contributed by atoms with Crippen molar-refractivity contribution in [3.8, 4) is 0 Å². The van der Waals surface area contributed by atoms with Gasteiger partial charge in [0.2, 0.25) is 0 Å². The molecule has 1 aliphatic rings. The molecule has 0 saturated carbocycles. The normalized spacial score (nSPS) is 29.4. The topological polar surface area (TPSA) is 29.3 Å². The van der Waals surface area contributed by atoms with Gasteiger partial charge in [-0.2, -0.15) is 0 Å². The van der Waals surface area contributed by atoms with Gasteiger partial charge in [0.15, 0.2) is 0 Å².